The Kier molecular flexibility index (Phi) is 3.03. The van der Waals surface area contributed by atoms with E-state index in [1.54, 1.807) is 42.5 Å². The Morgan fingerprint density at radius 1 is 0.280 bits per heavy atom. The molecule has 0 unspecified atom stereocenters. The van der Waals surface area contributed by atoms with Crippen molar-refractivity contribution in [1.82, 2.24) is 0 Å². The van der Waals surface area contributed by atoms with Crippen molar-refractivity contribution in [3.63, 3.8) is 0 Å². The van der Waals surface area contributed by atoms with E-state index in [0.717, 1.165) is 0 Å². The van der Waals surface area contributed by atoms with Gasteiger partial charge >= 0.3 is 0 Å². The van der Waals surface area contributed by atoms with Gasteiger partial charge in [0, 0.05) is 0 Å². The minimum absolute atomic E-state index is 0.213. The first-order valence-electron chi connectivity index (χ1n) is 27.8. The molecule has 0 nitrogen and oxygen atoms in total. The van der Waals surface area contributed by atoms with Gasteiger partial charge in [0.15, 0.2) is 0 Å². The second-order valence-corrected chi connectivity index (χ2v) is 11.3. The molecular weight excluding hydrogens is 601 g/mol. The van der Waals surface area contributed by atoms with E-state index in [1.807, 2.05) is 0 Å². The minimum atomic E-state index is -1.04. The van der Waals surface area contributed by atoms with E-state index in [9.17, 15) is 17.8 Å². The topological polar surface area (TPSA) is 0 Å². The van der Waals surface area contributed by atoms with Crippen molar-refractivity contribution < 1.29 is 34.3 Å². The van der Waals surface area contributed by atoms with Crippen LogP contribution in [0.1, 0.15) is 34.3 Å². The van der Waals surface area contributed by atoms with Crippen molar-refractivity contribution in [1.29, 1.82) is 0 Å². The third-order valence-corrected chi connectivity index (χ3v) is 8.50. The Balaban J connectivity index is 1.58. The number of fused-ring (bicyclic) bond motifs is 5. The van der Waals surface area contributed by atoms with E-state index in [4.69, 9.17) is 16.4 Å². The molecule has 0 aliphatic rings. The van der Waals surface area contributed by atoms with Crippen LogP contribution in [0.3, 0.4) is 0 Å². The lowest BCUT2D eigenvalue weighted by molar-refractivity contribution is 1.63. The maximum Gasteiger partial charge on any atom is 0.0636 e. The smallest absolute Gasteiger partial charge is 0.0616 e. The Morgan fingerprint density at radius 2 is 0.880 bits per heavy atom. The molecule has 0 aromatic heterocycles. The first-order valence-corrected chi connectivity index (χ1v) is 15.3. The van der Waals surface area contributed by atoms with E-state index in [-0.39, 0.29) is 11.1 Å². The highest BCUT2D eigenvalue weighted by molar-refractivity contribution is 6.22. The standard InChI is InChI=1S/C50H32/c1-2-15-36-30-40(27-26-33(36)12-1)50-46-23-8-7-22-45(46)49(39-19-9-18-37(31-39)43-24-10-16-34-13-3-5-20-41(34)43)47-29-28-38(32-48(47)50)44-25-11-17-35-14-4-6-21-42(35)44/h1-32H/i1D,2D,4D,6D,7D,8D,9D,11D,12D,14D,15D,17D,18D,19D,21D,22D,23D,25D,26D,27D,28D,29D,30D,31D,32D. The Morgan fingerprint density at radius 3 is 1.76 bits per heavy atom. The molecule has 10 aromatic rings. The molecule has 0 heteroatoms. The zero-order chi connectivity index (χ0) is 54.8. The fraction of sp³-hybridized carbons (Fsp3) is 0. The molecule has 0 saturated carbocycles. The predicted octanol–water partition coefficient (Wildman–Crippen LogP) is 14.1. The number of hydrogen-bond donors (Lipinski definition) is 0. The third kappa shape index (κ3) is 4.61. The van der Waals surface area contributed by atoms with E-state index in [2.05, 4.69) is 0 Å². The van der Waals surface area contributed by atoms with Crippen LogP contribution in [0.5, 0.6) is 0 Å². The monoisotopic (exact) mass is 657 g/mol. The Bertz CT molecular complexity index is 4340. The lowest BCUT2D eigenvalue weighted by atomic mass is 9.83. The summed E-state index contributed by atoms with van der Waals surface area (Å²) in [6.45, 7) is 0. The van der Waals surface area contributed by atoms with Gasteiger partial charge in [0.2, 0.25) is 0 Å². The van der Waals surface area contributed by atoms with Gasteiger partial charge in [-0.05, 0) is 116 Å². The maximum absolute atomic E-state index is 10.3. The van der Waals surface area contributed by atoms with Crippen LogP contribution in [0, 0.1) is 0 Å². The normalized spacial score (nSPS) is 18.6. The van der Waals surface area contributed by atoms with Crippen molar-refractivity contribution >= 4 is 53.9 Å². The molecular formula is C50H32. The molecule has 0 N–H and O–H groups in total. The van der Waals surface area contributed by atoms with Crippen LogP contribution in [0.2, 0.25) is 0 Å². The van der Waals surface area contributed by atoms with Crippen molar-refractivity contribution in [3.8, 4) is 44.5 Å². The van der Waals surface area contributed by atoms with Crippen LogP contribution < -0.4 is 0 Å². The van der Waals surface area contributed by atoms with Gasteiger partial charge in [-0.2, -0.15) is 0 Å². The third-order valence-electron chi connectivity index (χ3n) is 8.50. The fourth-order valence-electron chi connectivity index (χ4n) is 6.30. The lowest BCUT2D eigenvalue weighted by Crippen LogP contribution is -1.92. The molecule has 0 fully saturated rings. The average molecular weight is 658 g/mol. The SMILES string of the molecule is [2H]c1c([2H])c(-c2cccc3ccccc23)c([2H])c(-c2c3c([2H])c([2H])c([2H])c([2H])c3c(-c3c([2H])c([2H])c4c([2H])c([2H])c([2H])c([2H])c4c3[2H])c3c([2H])c(-c4c([2H])c([2H])c([2H])c5c([2H])c([2H])c([2H])c([2H])c45)c([2H])c([2H])c23)c1[2H]. The van der Waals surface area contributed by atoms with Crippen LogP contribution >= 0.6 is 0 Å². The zero-order valence-electron chi connectivity index (χ0n) is 50.5. The van der Waals surface area contributed by atoms with Gasteiger partial charge in [-0.3, -0.25) is 0 Å². The highest BCUT2D eigenvalue weighted by Gasteiger charge is 2.19. The number of rotatable bonds is 4. The molecule has 0 amide bonds. The van der Waals surface area contributed by atoms with Gasteiger partial charge in [0.05, 0.1) is 34.3 Å². The van der Waals surface area contributed by atoms with E-state index in [1.165, 1.54) is 0 Å². The van der Waals surface area contributed by atoms with Crippen molar-refractivity contribution in [2.24, 2.45) is 0 Å². The van der Waals surface area contributed by atoms with Gasteiger partial charge in [0.25, 0.3) is 0 Å². The predicted molar refractivity (Wildman–Crippen MR) is 216 cm³/mol. The molecule has 10 rings (SSSR count). The van der Waals surface area contributed by atoms with E-state index in [0.29, 0.717) is 10.8 Å². The molecule has 0 bridgehead atoms. The number of benzene rings is 10. The van der Waals surface area contributed by atoms with Crippen LogP contribution in [-0.4, -0.2) is 0 Å². The van der Waals surface area contributed by atoms with Crippen LogP contribution in [0.25, 0.3) is 98.4 Å². The molecule has 0 aliphatic heterocycles. The van der Waals surface area contributed by atoms with Crippen LogP contribution in [0.15, 0.2) is 194 Å². The molecule has 0 aliphatic carbocycles. The zero-order valence-corrected chi connectivity index (χ0v) is 25.5. The first kappa shape index (κ1) is 13.1. The largest absolute Gasteiger partial charge is 0.0636 e. The average Bonchev–Trinajstić information content (AvgIpc) is 3.39. The molecule has 10 aromatic carbocycles. The summed E-state index contributed by atoms with van der Waals surface area (Å²) in [6, 6.07) is -10.6. The van der Waals surface area contributed by atoms with Crippen molar-refractivity contribution in [2.45, 2.75) is 0 Å². The summed E-state index contributed by atoms with van der Waals surface area (Å²) >= 11 is 0. The second-order valence-electron chi connectivity index (χ2n) is 11.3. The molecule has 232 valence electrons. The van der Waals surface area contributed by atoms with Crippen LogP contribution in [-0.2, 0) is 0 Å². The van der Waals surface area contributed by atoms with Gasteiger partial charge in [-0.1, -0.05) is 175 Å². The van der Waals surface area contributed by atoms with Crippen molar-refractivity contribution in [2.75, 3.05) is 0 Å². The maximum atomic E-state index is 10.3. The summed E-state index contributed by atoms with van der Waals surface area (Å²) in [4.78, 5) is 0. The van der Waals surface area contributed by atoms with Gasteiger partial charge in [-0.15, -0.1) is 0 Å². The highest BCUT2D eigenvalue weighted by Crippen LogP contribution is 2.46. The quantitative estimate of drug-likeness (QED) is 0.165. The summed E-state index contributed by atoms with van der Waals surface area (Å²) in [5.41, 5.74) is -4.47. The molecule has 0 saturated heterocycles. The summed E-state index contributed by atoms with van der Waals surface area (Å²) in [5.74, 6) is 0. The van der Waals surface area contributed by atoms with Crippen LogP contribution in [0.4, 0.5) is 0 Å². The number of hydrogen-bond acceptors (Lipinski definition) is 0. The summed E-state index contributed by atoms with van der Waals surface area (Å²) in [5, 5.41) is -4.23. The van der Waals surface area contributed by atoms with Gasteiger partial charge < -0.3 is 0 Å². The van der Waals surface area contributed by atoms with E-state index < -0.39 is 228 Å². The minimum Gasteiger partial charge on any atom is -0.0616 e. The highest BCUT2D eigenvalue weighted by atomic mass is 14.2. The van der Waals surface area contributed by atoms with Crippen molar-refractivity contribution in [3.05, 3.63) is 194 Å². The molecule has 0 spiro atoms. The van der Waals surface area contributed by atoms with E-state index >= 15 is 0 Å². The summed E-state index contributed by atoms with van der Waals surface area (Å²) in [7, 11) is 0. The molecule has 0 radical (unpaired) electrons. The fourth-order valence-corrected chi connectivity index (χ4v) is 6.30. The molecule has 0 heterocycles. The first-order chi connectivity index (χ1) is 35.2. The summed E-state index contributed by atoms with van der Waals surface area (Å²) in [6.07, 6.45) is 0. The summed E-state index contributed by atoms with van der Waals surface area (Å²) < 4.78 is 230. The van der Waals surface area contributed by atoms with Gasteiger partial charge in [-0.25, -0.2) is 0 Å². The van der Waals surface area contributed by atoms with Gasteiger partial charge in [0.1, 0.15) is 0 Å². The second kappa shape index (κ2) is 11.6. The molecule has 0 atom stereocenters. The lowest BCUT2D eigenvalue weighted by Gasteiger charge is -2.20. The Labute approximate surface area is 326 Å². The Hall–Kier alpha value is -6.50. The molecule has 50 heavy (non-hydrogen) atoms.